The van der Waals surface area contributed by atoms with E-state index in [9.17, 15) is 10.6 Å². The van der Waals surface area contributed by atoms with Crippen LogP contribution in [0.3, 0.4) is 0 Å². The molecule has 0 spiro atoms. The van der Waals surface area contributed by atoms with Crippen LogP contribution in [-0.4, -0.2) is 52.7 Å². The number of benzene rings is 2. The number of hydrogen-bond acceptors (Lipinski definition) is 8. The van der Waals surface area contributed by atoms with E-state index in [-0.39, 0.29) is 13.2 Å². The van der Waals surface area contributed by atoms with E-state index in [1.54, 1.807) is 24.9 Å². The number of nitrogens with zero attached hydrogens (tertiary/aromatic N) is 6. The molecule has 2 heterocycles. The second-order valence-corrected chi connectivity index (χ2v) is 8.63. The molecule has 38 heavy (non-hydrogen) atoms. The van der Waals surface area contributed by atoms with Gasteiger partial charge in [-0.25, -0.2) is 9.50 Å². The van der Waals surface area contributed by atoms with Gasteiger partial charge in [0, 0.05) is 28.9 Å². The molecule has 0 bridgehead atoms. The molecule has 3 atom stereocenters. The Morgan fingerprint density at radius 3 is 2.13 bits per heavy atom. The summed E-state index contributed by atoms with van der Waals surface area (Å²) >= 11 is 0. The minimum Gasteiger partial charge on any atom is -0.497 e. The van der Waals surface area contributed by atoms with Crippen LogP contribution in [0.5, 0.6) is 11.5 Å². The van der Waals surface area contributed by atoms with Gasteiger partial charge in [0.05, 0.1) is 51.9 Å². The number of fused-ring (bicyclic) bond motifs is 1. The first-order valence-corrected chi connectivity index (χ1v) is 12.0. The summed E-state index contributed by atoms with van der Waals surface area (Å²) in [6, 6.07) is 15.9. The molecule has 0 aliphatic rings. The molecule has 0 unspecified atom stereocenters. The van der Waals surface area contributed by atoms with Crippen molar-refractivity contribution in [3.8, 4) is 11.5 Å². The topological polar surface area (TPSA) is 136 Å². The number of methoxy groups -OCH3 is 2. The van der Waals surface area contributed by atoms with Crippen LogP contribution >= 0.6 is 0 Å². The Labute approximate surface area is 220 Å². The standard InChI is InChI=1S/C27H30N6O5/c1-18-12-25-29-13-21(14-33(25)31-18)26(37-16-19-4-8-22(35-2)9-5-19)27(24(15-34)30-32-28)38-17-20-6-10-23(36-3)11-7-20/h4-14,24,26-27,34H,15-17H2,1-3H3/t24-,26+,27+/m0/s1. The van der Waals surface area contributed by atoms with Crippen LogP contribution in [0.4, 0.5) is 0 Å². The first-order valence-electron chi connectivity index (χ1n) is 12.0. The minimum absolute atomic E-state index is 0.186. The summed E-state index contributed by atoms with van der Waals surface area (Å²) in [7, 11) is 3.21. The lowest BCUT2D eigenvalue weighted by atomic mass is 10.0. The van der Waals surface area contributed by atoms with Crippen LogP contribution < -0.4 is 9.47 Å². The molecule has 0 amide bonds. The number of azide groups is 1. The molecule has 0 saturated carbocycles. The van der Waals surface area contributed by atoms with E-state index in [1.165, 1.54) is 0 Å². The summed E-state index contributed by atoms with van der Waals surface area (Å²) in [5.74, 6) is 1.46. The van der Waals surface area contributed by atoms with Crippen LogP contribution in [0.2, 0.25) is 0 Å². The Kier molecular flexibility index (Phi) is 9.12. The molecule has 11 nitrogen and oxygen atoms in total. The Bertz CT molecular complexity index is 1370. The molecule has 0 radical (unpaired) electrons. The highest BCUT2D eigenvalue weighted by Gasteiger charge is 2.33. The number of rotatable bonds is 13. The molecule has 0 fully saturated rings. The van der Waals surface area contributed by atoms with E-state index in [0.717, 1.165) is 28.3 Å². The predicted octanol–water partition coefficient (Wildman–Crippen LogP) is 4.57. The minimum atomic E-state index is -0.922. The van der Waals surface area contributed by atoms with Crippen LogP contribution in [-0.2, 0) is 22.7 Å². The van der Waals surface area contributed by atoms with Crippen molar-refractivity contribution in [1.82, 2.24) is 14.6 Å². The third-order valence-corrected chi connectivity index (χ3v) is 6.04. The molecule has 0 saturated heterocycles. The molecular formula is C27H30N6O5. The molecule has 0 aliphatic heterocycles. The van der Waals surface area contributed by atoms with Crippen molar-refractivity contribution in [2.24, 2.45) is 5.11 Å². The number of aliphatic hydroxyl groups is 1. The largest absolute Gasteiger partial charge is 0.497 e. The Hall–Kier alpha value is -4.15. The molecule has 4 aromatic rings. The van der Waals surface area contributed by atoms with Crippen molar-refractivity contribution in [1.29, 1.82) is 0 Å². The third-order valence-electron chi connectivity index (χ3n) is 6.04. The zero-order chi connectivity index (χ0) is 26.9. The van der Waals surface area contributed by atoms with E-state index in [4.69, 9.17) is 18.9 Å². The van der Waals surface area contributed by atoms with Crippen molar-refractivity contribution in [2.45, 2.75) is 38.4 Å². The lowest BCUT2D eigenvalue weighted by molar-refractivity contribution is -0.103. The summed E-state index contributed by atoms with van der Waals surface area (Å²) < 4.78 is 24.8. The highest BCUT2D eigenvalue weighted by Crippen LogP contribution is 2.30. The van der Waals surface area contributed by atoms with Gasteiger partial charge in [0.1, 0.15) is 17.6 Å². The lowest BCUT2D eigenvalue weighted by Crippen LogP contribution is -2.37. The van der Waals surface area contributed by atoms with Gasteiger partial charge in [-0.2, -0.15) is 5.10 Å². The van der Waals surface area contributed by atoms with Crippen LogP contribution in [0.25, 0.3) is 16.1 Å². The monoisotopic (exact) mass is 518 g/mol. The molecule has 11 heteroatoms. The van der Waals surface area contributed by atoms with Gasteiger partial charge >= 0.3 is 0 Å². The fraction of sp³-hybridized carbons (Fsp3) is 0.333. The fourth-order valence-corrected chi connectivity index (χ4v) is 4.03. The Balaban J connectivity index is 1.68. The summed E-state index contributed by atoms with van der Waals surface area (Å²) in [6.45, 7) is 1.86. The van der Waals surface area contributed by atoms with E-state index in [2.05, 4.69) is 20.1 Å². The van der Waals surface area contributed by atoms with Gasteiger partial charge < -0.3 is 24.1 Å². The predicted molar refractivity (Wildman–Crippen MR) is 140 cm³/mol. The molecule has 1 N–H and O–H groups in total. The van der Waals surface area contributed by atoms with E-state index < -0.39 is 24.9 Å². The van der Waals surface area contributed by atoms with Crippen LogP contribution in [0, 0.1) is 6.92 Å². The Morgan fingerprint density at radius 1 is 0.974 bits per heavy atom. The number of aliphatic hydroxyl groups excluding tert-OH is 1. The molecule has 4 rings (SSSR count). The van der Waals surface area contributed by atoms with Gasteiger partial charge in [0.2, 0.25) is 0 Å². The molecule has 2 aromatic carbocycles. The van der Waals surface area contributed by atoms with Gasteiger partial charge in [0.15, 0.2) is 5.65 Å². The van der Waals surface area contributed by atoms with Crippen molar-refractivity contribution in [3.63, 3.8) is 0 Å². The van der Waals surface area contributed by atoms with E-state index >= 15 is 0 Å². The highest BCUT2D eigenvalue weighted by atomic mass is 16.5. The SMILES string of the molecule is COc1ccc(CO[C@H]([C@H](CO)N=[N+]=[N-])[C@H](OCc2ccc(OC)cc2)c2cnc3cc(C)nn3c2)cc1. The van der Waals surface area contributed by atoms with Gasteiger partial charge in [0.25, 0.3) is 0 Å². The highest BCUT2D eigenvalue weighted by molar-refractivity contribution is 5.39. The number of aromatic nitrogens is 3. The van der Waals surface area contributed by atoms with Crippen LogP contribution in [0.15, 0.2) is 72.1 Å². The summed E-state index contributed by atoms with van der Waals surface area (Å²) in [5, 5.41) is 18.4. The summed E-state index contributed by atoms with van der Waals surface area (Å²) in [4.78, 5) is 7.46. The normalized spacial score (nSPS) is 13.5. The average Bonchev–Trinajstić information content (AvgIpc) is 3.33. The number of aryl methyl sites for hydroxylation is 1. The fourth-order valence-electron chi connectivity index (χ4n) is 4.03. The second kappa shape index (κ2) is 12.9. The zero-order valence-corrected chi connectivity index (χ0v) is 21.5. The van der Waals surface area contributed by atoms with Crippen LogP contribution in [0.1, 0.15) is 28.5 Å². The lowest BCUT2D eigenvalue weighted by Gasteiger charge is -2.31. The van der Waals surface area contributed by atoms with Crippen molar-refractivity contribution >= 4 is 5.65 Å². The Morgan fingerprint density at radius 2 is 1.58 bits per heavy atom. The maximum atomic E-state index is 10.1. The average molecular weight is 519 g/mol. The van der Waals surface area contributed by atoms with Gasteiger partial charge in [-0.3, -0.25) is 0 Å². The molecule has 0 aliphatic carbocycles. The summed E-state index contributed by atoms with van der Waals surface area (Å²) in [5.41, 5.74) is 13.1. The van der Waals surface area contributed by atoms with Crippen molar-refractivity contribution in [2.75, 3.05) is 20.8 Å². The number of ether oxygens (including phenoxy) is 4. The third kappa shape index (κ3) is 6.58. The first-order chi connectivity index (χ1) is 18.5. The molecular weight excluding hydrogens is 488 g/mol. The van der Waals surface area contributed by atoms with Gasteiger partial charge in [-0.1, -0.05) is 29.4 Å². The maximum Gasteiger partial charge on any atom is 0.155 e. The molecule has 2 aromatic heterocycles. The zero-order valence-electron chi connectivity index (χ0n) is 21.5. The van der Waals surface area contributed by atoms with Gasteiger partial charge in [-0.05, 0) is 47.8 Å². The quantitative estimate of drug-likeness (QED) is 0.156. The van der Waals surface area contributed by atoms with Crippen molar-refractivity contribution < 1.29 is 24.1 Å². The first kappa shape index (κ1) is 26.9. The smallest absolute Gasteiger partial charge is 0.155 e. The molecule has 198 valence electrons. The van der Waals surface area contributed by atoms with Gasteiger partial charge in [-0.15, -0.1) is 0 Å². The number of hydrogen-bond donors (Lipinski definition) is 1. The van der Waals surface area contributed by atoms with E-state index in [1.807, 2.05) is 67.7 Å². The van der Waals surface area contributed by atoms with E-state index in [0.29, 0.717) is 11.2 Å². The maximum absolute atomic E-state index is 10.1. The second-order valence-electron chi connectivity index (χ2n) is 8.63. The summed E-state index contributed by atoms with van der Waals surface area (Å²) in [6.07, 6.45) is 1.90. The van der Waals surface area contributed by atoms with Crippen molar-refractivity contribution in [3.05, 3.63) is 99.8 Å².